The summed E-state index contributed by atoms with van der Waals surface area (Å²) in [6, 6.07) is 8.61. The van der Waals surface area contributed by atoms with Crippen LogP contribution in [0.15, 0.2) is 52.0 Å². The zero-order chi connectivity index (χ0) is 13.4. The molecule has 0 bridgehead atoms. The molecule has 0 aliphatic heterocycles. The minimum absolute atomic E-state index is 1.13. The predicted octanol–water partition coefficient (Wildman–Crippen LogP) is 6.07. The Morgan fingerprint density at radius 3 is 2.28 bits per heavy atom. The minimum atomic E-state index is 1.13. The first-order valence-corrected chi connectivity index (χ1v) is 7.40. The molecular formula is C17H23Br. The number of rotatable bonds is 6. The third kappa shape index (κ3) is 6.80. The van der Waals surface area contributed by atoms with E-state index in [1.54, 1.807) is 0 Å². The Hall–Kier alpha value is -0.820. The molecule has 0 saturated heterocycles. The van der Waals surface area contributed by atoms with E-state index < -0.39 is 0 Å². The van der Waals surface area contributed by atoms with Gasteiger partial charge in [-0.25, -0.2) is 0 Å². The molecule has 1 heteroatoms. The van der Waals surface area contributed by atoms with Crippen molar-refractivity contribution < 1.29 is 0 Å². The van der Waals surface area contributed by atoms with Gasteiger partial charge in [-0.2, -0.15) is 0 Å². The third-order valence-electron chi connectivity index (χ3n) is 2.93. The lowest BCUT2D eigenvalue weighted by molar-refractivity contribution is 0.925. The summed E-state index contributed by atoms with van der Waals surface area (Å²) in [6.07, 6.45) is 9.32. The molecule has 1 aromatic rings. The molecule has 0 heterocycles. The molecule has 0 atom stereocenters. The van der Waals surface area contributed by atoms with Crippen LogP contribution in [0.3, 0.4) is 0 Å². The van der Waals surface area contributed by atoms with Gasteiger partial charge >= 0.3 is 0 Å². The van der Waals surface area contributed by atoms with Crippen molar-refractivity contribution in [3.05, 3.63) is 57.6 Å². The molecule has 1 rings (SSSR count). The summed E-state index contributed by atoms with van der Waals surface area (Å²) in [6.45, 7) is 6.56. The Labute approximate surface area is 120 Å². The number of hydrogen-bond acceptors (Lipinski definition) is 0. The first-order valence-electron chi connectivity index (χ1n) is 6.61. The summed E-state index contributed by atoms with van der Waals surface area (Å²) in [5.41, 5.74) is 4.33. The standard InChI is InChI=1S/C17H23Br/c1-14(2)6-4-7-15(3)8-5-9-16-10-12-17(18)13-11-16/h6,8,10-13H,4-5,7,9H2,1-3H3/b15-8+. The van der Waals surface area contributed by atoms with E-state index >= 15 is 0 Å². The SMILES string of the molecule is CC(C)=CCC/C(C)=C/CCc1ccc(Br)cc1. The van der Waals surface area contributed by atoms with Crippen LogP contribution in [0.25, 0.3) is 0 Å². The maximum absolute atomic E-state index is 3.46. The molecule has 0 nitrogen and oxygen atoms in total. The van der Waals surface area contributed by atoms with Crippen LogP contribution in [0.4, 0.5) is 0 Å². The monoisotopic (exact) mass is 306 g/mol. The summed E-state index contributed by atoms with van der Waals surface area (Å²) < 4.78 is 1.15. The quantitative estimate of drug-likeness (QED) is 0.559. The molecule has 0 spiro atoms. The zero-order valence-electron chi connectivity index (χ0n) is 11.7. The second-order valence-electron chi connectivity index (χ2n) is 5.04. The van der Waals surface area contributed by atoms with Crippen LogP contribution in [0, 0.1) is 0 Å². The van der Waals surface area contributed by atoms with Crippen molar-refractivity contribution >= 4 is 15.9 Å². The van der Waals surface area contributed by atoms with Crippen molar-refractivity contribution in [2.24, 2.45) is 0 Å². The number of benzene rings is 1. The van der Waals surface area contributed by atoms with Crippen LogP contribution in [0.5, 0.6) is 0 Å². The average Bonchev–Trinajstić information content (AvgIpc) is 2.31. The lowest BCUT2D eigenvalue weighted by atomic mass is 10.1. The van der Waals surface area contributed by atoms with Gasteiger partial charge in [0.05, 0.1) is 0 Å². The highest BCUT2D eigenvalue weighted by Gasteiger charge is 1.93. The molecule has 0 saturated carbocycles. The van der Waals surface area contributed by atoms with Crippen molar-refractivity contribution in [2.45, 2.75) is 46.5 Å². The number of aryl methyl sites for hydroxylation is 1. The molecule has 0 N–H and O–H groups in total. The number of allylic oxidation sites excluding steroid dienone is 4. The fraction of sp³-hybridized carbons (Fsp3) is 0.412. The summed E-state index contributed by atoms with van der Waals surface area (Å²) in [5.74, 6) is 0. The minimum Gasteiger partial charge on any atom is -0.0856 e. The lowest BCUT2D eigenvalue weighted by Crippen LogP contribution is -1.84. The Morgan fingerprint density at radius 1 is 1.00 bits per heavy atom. The molecule has 1 aromatic carbocycles. The highest BCUT2D eigenvalue weighted by molar-refractivity contribution is 9.10. The molecule has 0 amide bonds. The van der Waals surface area contributed by atoms with Crippen molar-refractivity contribution in [1.29, 1.82) is 0 Å². The van der Waals surface area contributed by atoms with Gasteiger partial charge in [0.15, 0.2) is 0 Å². The van der Waals surface area contributed by atoms with Crippen molar-refractivity contribution in [3.8, 4) is 0 Å². The Balaban J connectivity index is 2.31. The topological polar surface area (TPSA) is 0 Å². The van der Waals surface area contributed by atoms with E-state index in [1.807, 2.05) is 0 Å². The summed E-state index contributed by atoms with van der Waals surface area (Å²) in [4.78, 5) is 0. The van der Waals surface area contributed by atoms with Crippen molar-refractivity contribution in [2.75, 3.05) is 0 Å². The summed E-state index contributed by atoms with van der Waals surface area (Å²) in [5, 5.41) is 0. The van der Waals surface area contributed by atoms with Gasteiger partial charge in [-0.05, 0) is 64.2 Å². The first kappa shape index (κ1) is 15.2. The van der Waals surface area contributed by atoms with E-state index in [0.717, 1.165) is 17.3 Å². The second-order valence-corrected chi connectivity index (χ2v) is 5.95. The fourth-order valence-corrected chi connectivity index (χ4v) is 2.09. The predicted molar refractivity (Wildman–Crippen MR) is 84.9 cm³/mol. The molecule has 0 radical (unpaired) electrons. The van der Waals surface area contributed by atoms with E-state index in [9.17, 15) is 0 Å². The van der Waals surface area contributed by atoms with Crippen LogP contribution in [-0.2, 0) is 6.42 Å². The second kappa shape index (κ2) is 8.31. The molecule has 0 fully saturated rings. The van der Waals surface area contributed by atoms with Gasteiger partial charge in [-0.1, -0.05) is 51.4 Å². The van der Waals surface area contributed by atoms with Crippen molar-refractivity contribution in [1.82, 2.24) is 0 Å². The zero-order valence-corrected chi connectivity index (χ0v) is 13.3. The van der Waals surface area contributed by atoms with Gasteiger partial charge in [-0.3, -0.25) is 0 Å². The molecule has 18 heavy (non-hydrogen) atoms. The van der Waals surface area contributed by atoms with Crippen LogP contribution >= 0.6 is 15.9 Å². The summed E-state index contributed by atoms with van der Waals surface area (Å²) in [7, 11) is 0. The Kier molecular flexibility index (Phi) is 7.04. The van der Waals surface area contributed by atoms with Crippen LogP contribution in [0.2, 0.25) is 0 Å². The Bertz CT molecular complexity index is 406. The van der Waals surface area contributed by atoms with Crippen LogP contribution in [0.1, 0.15) is 45.6 Å². The molecule has 98 valence electrons. The van der Waals surface area contributed by atoms with E-state index in [1.165, 1.54) is 29.6 Å². The molecule has 0 unspecified atom stereocenters. The van der Waals surface area contributed by atoms with E-state index in [2.05, 4.69) is 73.1 Å². The Morgan fingerprint density at radius 2 is 1.67 bits per heavy atom. The lowest BCUT2D eigenvalue weighted by Gasteiger charge is -2.01. The van der Waals surface area contributed by atoms with Gasteiger partial charge in [-0.15, -0.1) is 0 Å². The molecule has 0 aliphatic rings. The first-order chi connectivity index (χ1) is 8.58. The van der Waals surface area contributed by atoms with Crippen molar-refractivity contribution in [3.63, 3.8) is 0 Å². The molecular weight excluding hydrogens is 284 g/mol. The highest BCUT2D eigenvalue weighted by Crippen LogP contribution is 2.13. The third-order valence-corrected chi connectivity index (χ3v) is 3.46. The maximum Gasteiger partial charge on any atom is 0.0175 e. The number of halogens is 1. The van der Waals surface area contributed by atoms with E-state index in [0.29, 0.717) is 0 Å². The van der Waals surface area contributed by atoms with Crippen LogP contribution in [-0.4, -0.2) is 0 Å². The molecule has 0 aromatic heterocycles. The average molecular weight is 307 g/mol. The smallest absolute Gasteiger partial charge is 0.0175 e. The van der Waals surface area contributed by atoms with Crippen LogP contribution < -0.4 is 0 Å². The van der Waals surface area contributed by atoms with Gasteiger partial charge in [0.1, 0.15) is 0 Å². The summed E-state index contributed by atoms with van der Waals surface area (Å²) >= 11 is 3.46. The van der Waals surface area contributed by atoms with E-state index in [-0.39, 0.29) is 0 Å². The largest absolute Gasteiger partial charge is 0.0856 e. The maximum atomic E-state index is 3.46. The fourth-order valence-electron chi connectivity index (χ4n) is 1.83. The normalized spacial score (nSPS) is 11.4. The van der Waals surface area contributed by atoms with Gasteiger partial charge in [0.2, 0.25) is 0 Å². The van der Waals surface area contributed by atoms with Gasteiger partial charge < -0.3 is 0 Å². The highest BCUT2D eigenvalue weighted by atomic mass is 79.9. The van der Waals surface area contributed by atoms with Gasteiger partial charge in [0, 0.05) is 4.47 Å². The van der Waals surface area contributed by atoms with E-state index in [4.69, 9.17) is 0 Å². The molecule has 0 aliphatic carbocycles. The number of hydrogen-bond donors (Lipinski definition) is 0. The van der Waals surface area contributed by atoms with Gasteiger partial charge in [0.25, 0.3) is 0 Å².